The summed E-state index contributed by atoms with van der Waals surface area (Å²) in [4.78, 5) is 12.2. The van der Waals surface area contributed by atoms with Crippen molar-refractivity contribution in [3.05, 3.63) is 71.8 Å². The summed E-state index contributed by atoms with van der Waals surface area (Å²) in [6.45, 7) is 0. The predicted molar refractivity (Wildman–Crippen MR) is 87.9 cm³/mol. The maximum absolute atomic E-state index is 13.7. The molecule has 3 rings (SSSR count). The van der Waals surface area contributed by atoms with E-state index in [1.165, 1.54) is 6.08 Å². The number of hydrogen-bond donors (Lipinski definition) is 1. The second kappa shape index (κ2) is 6.15. The van der Waals surface area contributed by atoms with Crippen LogP contribution in [0, 0.1) is 0 Å². The van der Waals surface area contributed by atoms with Crippen LogP contribution in [0.3, 0.4) is 0 Å². The minimum atomic E-state index is -4.51. The van der Waals surface area contributed by atoms with Gasteiger partial charge < -0.3 is 5.32 Å². The highest BCUT2D eigenvalue weighted by Crippen LogP contribution is 2.42. The van der Waals surface area contributed by atoms with Gasteiger partial charge >= 0.3 is 6.18 Å². The minimum absolute atomic E-state index is 0.191. The average Bonchev–Trinajstić information content (AvgIpc) is 2.59. The number of fused-ring (bicyclic) bond motifs is 1. The zero-order valence-electron chi connectivity index (χ0n) is 12.8. The van der Waals surface area contributed by atoms with Crippen LogP contribution in [0.4, 0.5) is 18.9 Å². The normalized spacial score (nSPS) is 19.5. The number of ketones is 1. The fourth-order valence-corrected chi connectivity index (χ4v) is 2.80. The molecule has 124 valence electrons. The van der Waals surface area contributed by atoms with Gasteiger partial charge in [-0.3, -0.25) is 4.79 Å². The molecule has 1 aliphatic heterocycles. The van der Waals surface area contributed by atoms with E-state index in [2.05, 4.69) is 5.32 Å². The number of para-hydroxylation sites is 1. The summed E-state index contributed by atoms with van der Waals surface area (Å²) in [5.41, 5.74) is -0.683. The molecule has 1 unspecified atom stereocenters. The molecule has 1 aliphatic rings. The zero-order valence-corrected chi connectivity index (χ0v) is 12.8. The van der Waals surface area contributed by atoms with E-state index in [0.29, 0.717) is 16.8 Å². The number of alkyl halides is 3. The maximum Gasteiger partial charge on any atom is 0.415 e. The molecule has 0 aromatic heterocycles. The fraction of sp³-hybridized carbons (Fsp3) is 0.211. The maximum atomic E-state index is 13.7. The van der Waals surface area contributed by atoms with Crippen molar-refractivity contribution < 1.29 is 18.0 Å². The first-order chi connectivity index (χ1) is 11.4. The molecule has 1 atom stereocenters. The quantitative estimate of drug-likeness (QED) is 0.791. The van der Waals surface area contributed by atoms with Gasteiger partial charge in [0.1, 0.15) is 0 Å². The number of carbonyl (C=O) groups is 1. The first-order valence-corrected chi connectivity index (χ1v) is 7.63. The van der Waals surface area contributed by atoms with Crippen molar-refractivity contribution in [2.75, 3.05) is 5.32 Å². The molecule has 2 aromatic carbocycles. The number of nitrogens with one attached hydrogen (secondary N) is 1. The zero-order chi connectivity index (χ0) is 17.2. The van der Waals surface area contributed by atoms with Crippen molar-refractivity contribution >= 4 is 17.5 Å². The van der Waals surface area contributed by atoms with Gasteiger partial charge in [-0.1, -0.05) is 54.6 Å². The number of hydrogen-bond acceptors (Lipinski definition) is 2. The van der Waals surface area contributed by atoms with E-state index >= 15 is 0 Å². The Bertz CT molecular complexity index is 768. The first-order valence-electron chi connectivity index (χ1n) is 7.63. The van der Waals surface area contributed by atoms with E-state index in [-0.39, 0.29) is 18.6 Å². The van der Waals surface area contributed by atoms with Crippen molar-refractivity contribution in [3.8, 4) is 0 Å². The Balaban J connectivity index is 1.83. The van der Waals surface area contributed by atoms with Gasteiger partial charge in [-0.2, -0.15) is 13.2 Å². The SMILES string of the molecule is O=C(CCC1(C(F)(F)F)C=Cc2ccccc2N1)c1ccccc1. The average molecular weight is 331 g/mol. The van der Waals surface area contributed by atoms with Crippen molar-refractivity contribution in [2.45, 2.75) is 24.6 Å². The largest absolute Gasteiger partial charge is 0.415 e. The molecule has 0 spiro atoms. The van der Waals surface area contributed by atoms with E-state index in [9.17, 15) is 18.0 Å². The molecular formula is C19H16F3NO. The molecule has 0 bridgehead atoms. The third kappa shape index (κ3) is 3.07. The summed E-state index contributed by atoms with van der Waals surface area (Å²) < 4.78 is 41.2. The highest BCUT2D eigenvalue weighted by Gasteiger charge is 2.54. The van der Waals surface area contributed by atoms with E-state index < -0.39 is 11.7 Å². The van der Waals surface area contributed by atoms with E-state index in [1.807, 2.05) is 0 Å². The molecule has 24 heavy (non-hydrogen) atoms. The molecule has 0 fully saturated rings. The van der Waals surface area contributed by atoms with Crippen LogP contribution in [0.2, 0.25) is 0 Å². The minimum Gasteiger partial charge on any atom is -0.368 e. The summed E-state index contributed by atoms with van der Waals surface area (Å²) >= 11 is 0. The third-order valence-corrected chi connectivity index (χ3v) is 4.21. The first kappa shape index (κ1) is 16.3. The van der Waals surface area contributed by atoms with Crippen LogP contribution in [-0.4, -0.2) is 17.5 Å². The number of Topliss-reactive ketones (excluding diaryl/α,β-unsaturated/α-hetero) is 1. The van der Waals surface area contributed by atoms with E-state index in [1.54, 1.807) is 54.6 Å². The summed E-state index contributed by atoms with van der Waals surface area (Å²) in [5, 5.41) is 2.59. The lowest BCUT2D eigenvalue weighted by Crippen LogP contribution is -2.51. The van der Waals surface area contributed by atoms with Gasteiger partial charge in [-0.05, 0) is 24.1 Å². The van der Waals surface area contributed by atoms with Gasteiger partial charge in [-0.25, -0.2) is 0 Å². The summed E-state index contributed by atoms with van der Waals surface area (Å²) in [6.07, 6.45) is -2.47. The molecule has 0 saturated heterocycles. The lowest BCUT2D eigenvalue weighted by molar-refractivity contribution is -0.166. The Hall–Kier alpha value is -2.56. The molecule has 0 aliphatic carbocycles. The van der Waals surface area contributed by atoms with Crippen molar-refractivity contribution in [1.82, 2.24) is 0 Å². The van der Waals surface area contributed by atoms with Gasteiger partial charge in [0, 0.05) is 17.7 Å². The molecular weight excluding hydrogens is 315 g/mol. The Kier molecular flexibility index (Phi) is 4.18. The lowest BCUT2D eigenvalue weighted by atomic mass is 9.86. The molecule has 2 nitrogen and oxygen atoms in total. The van der Waals surface area contributed by atoms with Gasteiger partial charge in [0.2, 0.25) is 0 Å². The van der Waals surface area contributed by atoms with Gasteiger partial charge in [0.05, 0.1) is 0 Å². The van der Waals surface area contributed by atoms with Crippen LogP contribution in [0.1, 0.15) is 28.8 Å². The van der Waals surface area contributed by atoms with Gasteiger partial charge in [0.15, 0.2) is 11.3 Å². The van der Waals surface area contributed by atoms with Crippen LogP contribution >= 0.6 is 0 Å². The van der Waals surface area contributed by atoms with E-state index in [4.69, 9.17) is 0 Å². The highest BCUT2D eigenvalue weighted by molar-refractivity contribution is 5.96. The van der Waals surface area contributed by atoms with Crippen LogP contribution in [-0.2, 0) is 0 Å². The van der Waals surface area contributed by atoms with Gasteiger partial charge in [-0.15, -0.1) is 0 Å². The molecule has 0 saturated carbocycles. The van der Waals surface area contributed by atoms with Crippen LogP contribution in [0.25, 0.3) is 6.08 Å². The fourth-order valence-electron chi connectivity index (χ4n) is 2.80. The Morgan fingerprint density at radius 2 is 1.67 bits per heavy atom. The number of anilines is 1. The van der Waals surface area contributed by atoms with Crippen molar-refractivity contribution in [2.24, 2.45) is 0 Å². The number of rotatable bonds is 4. The standard InChI is InChI=1S/C19H16F3NO/c20-19(21,22)18(12-10-14-6-4-5-9-16(14)23-18)13-11-17(24)15-7-2-1-3-8-15/h1-10,12,23H,11,13H2. The van der Waals surface area contributed by atoms with Crippen LogP contribution in [0.5, 0.6) is 0 Å². The molecule has 1 heterocycles. The third-order valence-electron chi connectivity index (χ3n) is 4.21. The highest BCUT2D eigenvalue weighted by atomic mass is 19.4. The van der Waals surface area contributed by atoms with Crippen LogP contribution < -0.4 is 5.32 Å². The smallest absolute Gasteiger partial charge is 0.368 e. The summed E-state index contributed by atoms with van der Waals surface area (Å²) in [7, 11) is 0. The monoisotopic (exact) mass is 331 g/mol. The van der Waals surface area contributed by atoms with Crippen molar-refractivity contribution in [3.63, 3.8) is 0 Å². The Morgan fingerprint density at radius 1 is 1.00 bits per heavy atom. The summed E-state index contributed by atoms with van der Waals surface area (Å²) in [5.74, 6) is -0.298. The second-order valence-electron chi connectivity index (χ2n) is 5.80. The second-order valence-corrected chi connectivity index (χ2v) is 5.80. The molecule has 2 aromatic rings. The number of halogens is 3. The summed E-state index contributed by atoms with van der Waals surface area (Å²) in [6, 6.07) is 15.2. The van der Waals surface area contributed by atoms with Crippen molar-refractivity contribution in [1.29, 1.82) is 0 Å². The topological polar surface area (TPSA) is 29.1 Å². The Morgan fingerprint density at radius 3 is 2.38 bits per heavy atom. The molecule has 5 heteroatoms. The molecule has 0 amide bonds. The predicted octanol–water partition coefficient (Wildman–Crippen LogP) is 5.09. The molecule has 1 N–H and O–H groups in total. The number of benzene rings is 2. The van der Waals surface area contributed by atoms with Crippen LogP contribution in [0.15, 0.2) is 60.7 Å². The number of carbonyl (C=O) groups excluding carboxylic acids is 1. The van der Waals surface area contributed by atoms with Gasteiger partial charge in [0.25, 0.3) is 0 Å². The lowest BCUT2D eigenvalue weighted by Gasteiger charge is -2.37. The van der Waals surface area contributed by atoms with E-state index in [0.717, 1.165) is 6.08 Å². The Labute approximate surface area is 138 Å². The molecule has 0 radical (unpaired) electrons.